The summed E-state index contributed by atoms with van der Waals surface area (Å²) < 4.78 is 11.2. The van der Waals surface area contributed by atoms with Crippen LogP contribution in [0.2, 0.25) is 0 Å². The lowest BCUT2D eigenvalue weighted by Crippen LogP contribution is -2.60. The fraction of sp³-hybridized carbons (Fsp3) is 0.690. The molecule has 1 aliphatic heterocycles. The highest BCUT2D eigenvalue weighted by Gasteiger charge is 2.37. The van der Waals surface area contributed by atoms with Crippen molar-refractivity contribution in [1.82, 2.24) is 10.2 Å². The van der Waals surface area contributed by atoms with Crippen LogP contribution in [-0.4, -0.2) is 54.5 Å². The summed E-state index contributed by atoms with van der Waals surface area (Å²) in [5, 5.41) is 2.75. The van der Waals surface area contributed by atoms with Crippen molar-refractivity contribution in [2.45, 2.75) is 110 Å². The summed E-state index contributed by atoms with van der Waals surface area (Å²) in [6, 6.07) is 6.74. The molecule has 1 saturated heterocycles. The number of ether oxygens (including phenoxy) is 2. The maximum Gasteiger partial charge on any atom is 0.308 e. The van der Waals surface area contributed by atoms with Crippen LogP contribution in [0.1, 0.15) is 97.0 Å². The van der Waals surface area contributed by atoms with E-state index in [-0.39, 0.29) is 18.2 Å². The van der Waals surface area contributed by atoms with Gasteiger partial charge in [0.1, 0.15) is 11.8 Å². The summed E-state index contributed by atoms with van der Waals surface area (Å²) in [5.74, 6) is -0.488. The molecule has 0 saturated carbocycles. The van der Waals surface area contributed by atoms with Crippen molar-refractivity contribution in [3.8, 4) is 5.75 Å². The van der Waals surface area contributed by atoms with Crippen LogP contribution in [0.25, 0.3) is 0 Å². The Morgan fingerprint density at radius 2 is 1.58 bits per heavy atom. The highest BCUT2D eigenvalue weighted by atomic mass is 16.5. The van der Waals surface area contributed by atoms with Crippen molar-refractivity contribution >= 4 is 17.8 Å². The van der Waals surface area contributed by atoms with Crippen molar-refractivity contribution in [3.05, 3.63) is 29.8 Å². The lowest BCUT2D eigenvalue weighted by atomic mass is 10.1. The van der Waals surface area contributed by atoms with Crippen molar-refractivity contribution in [3.63, 3.8) is 0 Å². The van der Waals surface area contributed by atoms with Crippen LogP contribution in [0, 0.1) is 0 Å². The van der Waals surface area contributed by atoms with Gasteiger partial charge < -0.3 is 19.7 Å². The van der Waals surface area contributed by atoms with Gasteiger partial charge in [-0.3, -0.25) is 14.4 Å². The number of benzene rings is 1. The maximum absolute atomic E-state index is 13.1. The minimum absolute atomic E-state index is 0.146. The summed E-state index contributed by atoms with van der Waals surface area (Å²) in [6.45, 7) is 7.02. The highest BCUT2D eigenvalue weighted by Crippen LogP contribution is 2.18. The minimum atomic E-state index is -0.875. The van der Waals surface area contributed by atoms with Gasteiger partial charge in [0.2, 0.25) is 5.91 Å². The number of unbranched alkanes of at least 4 members (excludes halogenated alkanes) is 9. The third-order valence-electron chi connectivity index (χ3n) is 6.73. The summed E-state index contributed by atoms with van der Waals surface area (Å²) in [5.41, 5.74) is 1.19. The van der Waals surface area contributed by atoms with E-state index in [9.17, 15) is 14.4 Å². The largest absolute Gasteiger partial charge is 0.481 e. The van der Waals surface area contributed by atoms with E-state index in [1.165, 1.54) is 55.4 Å². The molecule has 2 atom stereocenters. The predicted molar refractivity (Wildman–Crippen MR) is 142 cm³/mol. The third-order valence-corrected chi connectivity index (χ3v) is 6.73. The first-order valence-electron chi connectivity index (χ1n) is 14.0. The lowest BCUT2D eigenvalue weighted by molar-refractivity contribution is -0.154. The molecule has 1 aliphatic rings. The van der Waals surface area contributed by atoms with Gasteiger partial charge in [-0.1, -0.05) is 83.8 Å². The number of aryl methyl sites for hydroxylation is 1. The van der Waals surface area contributed by atoms with Gasteiger partial charge in [-0.15, -0.1) is 0 Å². The molecule has 2 unspecified atom stereocenters. The first-order chi connectivity index (χ1) is 17.5. The van der Waals surface area contributed by atoms with Crippen molar-refractivity contribution in [2.24, 2.45) is 0 Å². The van der Waals surface area contributed by atoms with Gasteiger partial charge in [-0.05, 0) is 37.5 Å². The first-order valence-corrected chi connectivity index (χ1v) is 14.0. The zero-order valence-corrected chi connectivity index (χ0v) is 22.6. The summed E-state index contributed by atoms with van der Waals surface area (Å²) in [4.78, 5) is 39.5. The smallest absolute Gasteiger partial charge is 0.308 e. The average Bonchev–Trinajstić information content (AvgIpc) is 2.88. The number of rotatable bonds is 17. The molecule has 7 nitrogen and oxygen atoms in total. The number of hydrogen-bond donors (Lipinski definition) is 1. The molecule has 0 radical (unpaired) electrons. The fourth-order valence-electron chi connectivity index (χ4n) is 4.47. The summed E-state index contributed by atoms with van der Waals surface area (Å²) in [6.07, 6.45) is 12.1. The maximum atomic E-state index is 13.1. The van der Waals surface area contributed by atoms with Crippen LogP contribution in [0.4, 0.5) is 0 Å². The number of hydrogen-bond acceptors (Lipinski definition) is 5. The Balaban J connectivity index is 1.71. The van der Waals surface area contributed by atoms with Gasteiger partial charge in [0.15, 0.2) is 6.10 Å². The second-order valence-electron chi connectivity index (χ2n) is 9.70. The lowest BCUT2D eigenvalue weighted by Gasteiger charge is -2.36. The van der Waals surface area contributed by atoms with E-state index in [0.717, 1.165) is 25.7 Å². The first kappa shape index (κ1) is 29.7. The Morgan fingerprint density at radius 1 is 0.972 bits per heavy atom. The van der Waals surface area contributed by atoms with E-state index in [1.54, 1.807) is 6.92 Å². The second kappa shape index (κ2) is 17.0. The van der Waals surface area contributed by atoms with Gasteiger partial charge >= 0.3 is 5.97 Å². The normalized spacial score (nSPS) is 16.4. The van der Waals surface area contributed by atoms with Crippen molar-refractivity contribution in [1.29, 1.82) is 0 Å². The zero-order chi connectivity index (χ0) is 26.2. The molecular formula is C29H46N2O5. The van der Waals surface area contributed by atoms with Crippen LogP contribution in [-0.2, 0) is 25.5 Å². The number of piperazine rings is 1. The van der Waals surface area contributed by atoms with E-state index >= 15 is 0 Å². The Morgan fingerprint density at radius 3 is 2.19 bits per heavy atom. The van der Waals surface area contributed by atoms with Crippen molar-refractivity contribution < 1.29 is 23.9 Å². The van der Waals surface area contributed by atoms with Gasteiger partial charge in [-0.25, -0.2) is 0 Å². The molecule has 0 aromatic heterocycles. The molecule has 1 heterocycles. The molecule has 0 bridgehead atoms. The molecule has 2 amide bonds. The molecule has 2 rings (SSSR count). The summed E-state index contributed by atoms with van der Waals surface area (Å²) >= 11 is 0. The fourth-order valence-corrected chi connectivity index (χ4v) is 4.47. The molecule has 36 heavy (non-hydrogen) atoms. The topological polar surface area (TPSA) is 84.9 Å². The molecule has 7 heteroatoms. The van der Waals surface area contributed by atoms with Crippen LogP contribution < -0.4 is 10.1 Å². The molecule has 1 N–H and O–H groups in total. The monoisotopic (exact) mass is 502 g/mol. The standard InChI is InChI=1S/C29H46N2O5/c1-4-6-7-8-9-10-11-12-13-14-21-35-27(32)22-26-28(33)30-19-20-31(26)29(34)23(3)36-25-17-15-24(5-2)16-18-25/h15-18,23,26H,4-14,19-22H2,1-3H3,(H,30,33). The highest BCUT2D eigenvalue weighted by molar-refractivity contribution is 5.93. The quantitative estimate of drug-likeness (QED) is 0.234. The third kappa shape index (κ3) is 10.6. The minimum Gasteiger partial charge on any atom is -0.481 e. The van der Waals surface area contributed by atoms with E-state index in [4.69, 9.17) is 9.47 Å². The number of nitrogens with zero attached hydrogens (tertiary/aromatic N) is 1. The number of carbonyl (C=O) groups excluding carboxylic acids is 3. The predicted octanol–water partition coefficient (Wildman–Crippen LogP) is 5.20. The Kier molecular flexibility index (Phi) is 14.0. The van der Waals surface area contributed by atoms with E-state index in [0.29, 0.717) is 25.4 Å². The van der Waals surface area contributed by atoms with Crippen LogP contribution in [0.3, 0.4) is 0 Å². The molecular weight excluding hydrogens is 456 g/mol. The van der Waals surface area contributed by atoms with Gasteiger partial charge in [0.25, 0.3) is 5.91 Å². The second-order valence-corrected chi connectivity index (χ2v) is 9.70. The van der Waals surface area contributed by atoms with Gasteiger partial charge in [-0.2, -0.15) is 0 Å². The van der Waals surface area contributed by atoms with Gasteiger partial charge in [0, 0.05) is 13.1 Å². The number of esters is 1. The molecule has 1 fully saturated rings. The molecule has 1 aromatic rings. The number of amides is 2. The van der Waals surface area contributed by atoms with E-state index in [1.807, 2.05) is 24.3 Å². The van der Waals surface area contributed by atoms with Gasteiger partial charge in [0.05, 0.1) is 13.0 Å². The Labute approximate surface area is 217 Å². The molecule has 0 spiro atoms. The Bertz CT molecular complexity index is 795. The van der Waals surface area contributed by atoms with Crippen LogP contribution in [0.5, 0.6) is 5.75 Å². The molecule has 202 valence electrons. The zero-order valence-electron chi connectivity index (χ0n) is 22.6. The van der Waals surface area contributed by atoms with Crippen LogP contribution >= 0.6 is 0 Å². The Hall–Kier alpha value is -2.57. The SMILES string of the molecule is CCCCCCCCCCCCOC(=O)CC1C(=O)NCCN1C(=O)C(C)Oc1ccc(CC)cc1. The number of nitrogens with one attached hydrogen (secondary N) is 1. The van der Waals surface area contributed by atoms with E-state index < -0.39 is 18.1 Å². The van der Waals surface area contributed by atoms with Crippen LogP contribution in [0.15, 0.2) is 24.3 Å². The summed E-state index contributed by atoms with van der Waals surface area (Å²) in [7, 11) is 0. The van der Waals surface area contributed by atoms with E-state index in [2.05, 4.69) is 19.2 Å². The number of carbonyl (C=O) groups is 3. The van der Waals surface area contributed by atoms with Crippen molar-refractivity contribution in [2.75, 3.05) is 19.7 Å². The average molecular weight is 503 g/mol. The molecule has 0 aliphatic carbocycles. The molecule has 1 aromatic carbocycles.